The van der Waals surface area contributed by atoms with Crippen molar-refractivity contribution in [2.45, 2.75) is 20.3 Å². The molecule has 1 aliphatic rings. The molecule has 0 unspecified atom stereocenters. The summed E-state index contributed by atoms with van der Waals surface area (Å²) in [5.74, 6) is 0.308. The van der Waals surface area contributed by atoms with Crippen molar-refractivity contribution >= 4 is 40.6 Å². The Balaban J connectivity index is 1.49. The quantitative estimate of drug-likeness (QED) is 0.746. The summed E-state index contributed by atoms with van der Waals surface area (Å²) in [7, 11) is 0. The van der Waals surface area contributed by atoms with Crippen LogP contribution >= 0.6 is 11.6 Å². The molecule has 0 aromatic heterocycles. The molecule has 6 nitrogen and oxygen atoms in total. The minimum Gasteiger partial charge on any atom is -0.368 e. The number of benzene rings is 2. The molecule has 1 heterocycles. The summed E-state index contributed by atoms with van der Waals surface area (Å²) in [6, 6.07) is 14.8. The molecule has 7 heteroatoms. The van der Waals surface area contributed by atoms with Gasteiger partial charge in [-0.25, -0.2) is 4.79 Å². The molecule has 0 saturated carbocycles. The molecule has 2 aromatic carbocycles. The fraction of sp³-hybridized carbons (Fsp3) is 0.364. The van der Waals surface area contributed by atoms with Crippen LogP contribution in [0.1, 0.15) is 20.3 Å². The second kappa shape index (κ2) is 9.65. The number of urea groups is 1. The third kappa shape index (κ3) is 6.12. The summed E-state index contributed by atoms with van der Waals surface area (Å²) in [6.07, 6.45) is 0.486. The first-order valence-corrected chi connectivity index (χ1v) is 10.2. The monoisotopic (exact) mass is 414 g/mol. The number of rotatable bonds is 5. The summed E-state index contributed by atoms with van der Waals surface area (Å²) in [6.45, 7) is 6.81. The number of hydrogen-bond acceptors (Lipinski definition) is 3. The van der Waals surface area contributed by atoms with Crippen LogP contribution in [0.5, 0.6) is 0 Å². The van der Waals surface area contributed by atoms with Crippen LogP contribution in [0.4, 0.5) is 21.9 Å². The van der Waals surface area contributed by atoms with E-state index >= 15 is 0 Å². The lowest BCUT2D eigenvalue weighted by Gasteiger charge is -2.36. The highest BCUT2D eigenvalue weighted by Gasteiger charge is 2.21. The van der Waals surface area contributed by atoms with E-state index in [0.29, 0.717) is 36.1 Å². The number of carbonyl (C=O) groups excluding carboxylic acids is 2. The number of piperazine rings is 1. The van der Waals surface area contributed by atoms with Gasteiger partial charge < -0.3 is 20.4 Å². The highest BCUT2D eigenvalue weighted by Crippen LogP contribution is 2.21. The Morgan fingerprint density at radius 3 is 2.17 bits per heavy atom. The zero-order valence-corrected chi connectivity index (χ0v) is 17.6. The van der Waals surface area contributed by atoms with Crippen molar-refractivity contribution in [1.29, 1.82) is 0 Å². The maximum atomic E-state index is 12.6. The van der Waals surface area contributed by atoms with E-state index in [0.717, 1.165) is 24.5 Å². The molecule has 29 heavy (non-hydrogen) atoms. The van der Waals surface area contributed by atoms with Gasteiger partial charge in [0.1, 0.15) is 0 Å². The minimum absolute atomic E-state index is 0.00522. The summed E-state index contributed by atoms with van der Waals surface area (Å²) in [4.78, 5) is 28.4. The average Bonchev–Trinajstić information content (AvgIpc) is 2.69. The Hall–Kier alpha value is -2.73. The smallest absolute Gasteiger partial charge is 0.321 e. The molecule has 0 atom stereocenters. The first-order valence-electron chi connectivity index (χ1n) is 9.87. The summed E-state index contributed by atoms with van der Waals surface area (Å²) in [5.41, 5.74) is 2.51. The predicted octanol–water partition coefficient (Wildman–Crippen LogP) is 4.68. The highest BCUT2D eigenvalue weighted by molar-refractivity contribution is 6.30. The number of nitrogens with one attached hydrogen (secondary N) is 2. The van der Waals surface area contributed by atoms with Gasteiger partial charge in [-0.15, -0.1) is 0 Å². The van der Waals surface area contributed by atoms with Gasteiger partial charge >= 0.3 is 6.03 Å². The largest absolute Gasteiger partial charge is 0.368 e. The molecule has 0 aliphatic carbocycles. The molecule has 0 radical (unpaired) electrons. The number of carbonyl (C=O) groups is 2. The topological polar surface area (TPSA) is 64.7 Å². The lowest BCUT2D eigenvalue weighted by Crippen LogP contribution is -2.50. The second-order valence-corrected chi connectivity index (χ2v) is 8.04. The van der Waals surface area contributed by atoms with Crippen LogP contribution in [-0.2, 0) is 4.79 Å². The second-order valence-electron chi connectivity index (χ2n) is 7.61. The van der Waals surface area contributed by atoms with Gasteiger partial charge in [-0.2, -0.15) is 0 Å². The fourth-order valence-corrected chi connectivity index (χ4v) is 3.45. The van der Waals surface area contributed by atoms with Crippen molar-refractivity contribution in [3.05, 3.63) is 53.6 Å². The lowest BCUT2D eigenvalue weighted by molar-refractivity contribution is -0.116. The van der Waals surface area contributed by atoms with Crippen LogP contribution < -0.4 is 15.5 Å². The van der Waals surface area contributed by atoms with Crippen molar-refractivity contribution in [3.63, 3.8) is 0 Å². The van der Waals surface area contributed by atoms with Crippen LogP contribution in [0.25, 0.3) is 0 Å². The van der Waals surface area contributed by atoms with E-state index in [4.69, 9.17) is 11.6 Å². The molecule has 2 N–H and O–H groups in total. The van der Waals surface area contributed by atoms with E-state index in [1.165, 1.54) is 0 Å². The van der Waals surface area contributed by atoms with Crippen LogP contribution in [0.2, 0.25) is 5.02 Å². The summed E-state index contributed by atoms with van der Waals surface area (Å²) < 4.78 is 0. The van der Waals surface area contributed by atoms with Gasteiger partial charge in [0, 0.05) is 54.7 Å². The molecular formula is C22H27ClN4O2. The first kappa shape index (κ1) is 21.0. The molecule has 0 bridgehead atoms. The number of nitrogens with zero attached hydrogens (tertiary/aromatic N) is 2. The van der Waals surface area contributed by atoms with Crippen molar-refractivity contribution in [1.82, 2.24) is 4.90 Å². The van der Waals surface area contributed by atoms with Crippen LogP contribution in [-0.4, -0.2) is 43.0 Å². The summed E-state index contributed by atoms with van der Waals surface area (Å²) in [5, 5.41) is 6.50. The van der Waals surface area contributed by atoms with Crippen molar-refractivity contribution in [2.75, 3.05) is 41.7 Å². The van der Waals surface area contributed by atoms with E-state index in [1.54, 1.807) is 29.2 Å². The highest BCUT2D eigenvalue weighted by atomic mass is 35.5. The third-order valence-corrected chi connectivity index (χ3v) is 4.99. The molecule has 154 valence electrons. The van der Waals surface area contributed by atoms with Crippen LogP contribution in [0, 0.1) is 5.92 Å². The Labute approximate surface area is 176 Å². The van der Waals surface area contributed by atoms with Gasteiger partial charge in [-0.05, 0) is 48.4 Å². The Bertz CT molecular complexity index is 846. The minimum atomic E-state index is -0.118. The molecule has 3 rings (SSSR count). The van der Waals surface area contributed by atoms with Crippen LogP contribution in [0.15, 0.2) is 48.5 Å². The maximum absolute atomic E-state index is 12.6. The number of anilines is 3. The van der Waals surface area contributed by atoms with Gasteiger partial charge in [-0.3, -0.25) is 4.79 Å². The molecular weight excluding hydrogens is 388 g/mol. The van der Waals surface area contributed by atoms with Gasteiger partial charge in [0.15, 0.2) is 0 Å². The number of amides is 3. The normalized spacial score (nSPS) is 14.1. The van der Waals surface area contributed by atoms with Crippen molar-refractivity contribution in [3.8, 4) is 0 Å². The number of halogens is 1. The fourth-order valence-electron chi connectivity index (χ4n) is 3.26. The average molecular weight is 415 g/mol. The van der Waals surface area contributed by atoms with Gasteiger partial charge in [0.05, 0.1) is 0 Å². The molecule has 1 aliphatic heterocycles. The van der Waals surface area contributed by atoms with Gasteiger partial charge in [0.25, 0.3) is 0 Å². The van der Waals surface area contributed by atoms with Crippen LogP contribution in [0.3, 0.4) is 0 Å². The van der Waals surface area contributed by atoms with Crippen molar-refractivity contribution in [2.24, 2.45) is 5.92 Å². The zero-order chi connectivity index (χ0) is 20.8. The lowest BCUT2D eigenvalue weighted by atomic mass is 10.1. The van der Waals surface area contributed by atoms with Crippen molar-refractivity contribution < 1.29 is 9.59 Å². The van der Waals surface area contributed by atoms with E-state index < -0.39 is 0 Å². The first-order chi connectivity index (χ1) is 13.9. The van der Waals surface area contributed by atoms with E-state index in [-0.39, 0.29) is 11.9 Å². The maximum Gasteiger partial charge on any atom is 0.321 e. The molecule has 1 fully saturated rings. The standard InChI is InChI=1S/C22H27ClN4O2/c1-16(2)14-21(28)24-18-6-8-19(9-7-18)25-22(29)27-12-10-26(11-13-27)20-5-3-4-17(23)15-20/h3-9,15-16H,10-14H2,1-2H3,(H,24,28)(H,25,29). The Morgan fingerprint density at radius 1 is 0.966 bits per heavy atom. The molecule has 0 spiro atoms. The molecule has 1 saturated heterocycles. The SMILES string of the molecule is CC(C)CC(=O)Nc1ccc(NC(=O)N2CCN(c3cccc(Cl)c3)CC2)cc1. The van der Waals surface area contributed by atoms with E-state index in [9.17, 15) is 9.59 Å². The van der Waals surface area contributed by atoms with Gasteiger partial charge in [-0.1, -0.05) is 31.5 Å². The van der Waals surface area contributed by atoms with E-state index in [2.05, 4.69) is 15.5 Å². The predicted molar refractivity (Wildman–Crippen MR) is 119 cm³/mol. The van der Waals surface area contributed by atoms with Gasteiger partial charge in [0.2, 0.25) is 5.91 Å². The summed E-state index contributed by atoms with van der Waals surface area (Å²) >= 11 is 6.07. The molecule has 3 amide bonds. The Morgan fingerprint density at radius 2 is 1.59 bits per heavy atom. The number of hydrogen-bond donors (Lipinski definition) is 2. The zero-order valence-electron chi connectivity index (χ0n) is 16.8. The Kier molecular flexibility index (Phi) is 6.99. The molecule has 2 aromatic rings. The third-order valence-electron chi connectivity index (χ3n) is 4.75. The van der Waals surface area contributed by atoms with E-state index in [1.807, 2.05) is 38.1 Å².